The van der Waals surface area contributed by atoms with Crippen molar-refractivity contribution in [1.29, 1.82) is 0 Å². The van der Waals surface area contributed by atoms with Crippen molar-refractivity contribution in [2.75, 3.05) is 13.1 Å². The van der Waals surface area contributed by atoms with E-state index < -0.39 is 0 Å². The van der Waals surface area contributed by atoms with E-state index in [1.54, 1.807) is 6.07 Å². The van der Waals surface area contributed by atoms with E-state index in [9.17, 15) is 9.18 Å². The molecular formula is C19H19ClFN3O. The van der Waals surface area contributed by atoms with Crippen LogP contribution in [0.25, 0.3) is 11.0 Å². The van der Waals surface area contributed by atoms with Gasteiger partial charge in [-0.2, -0.15) is 0 Å². The van der Waals surface area contributed by atoms with Crippen molar-refractivity contribution in [2.24, 2.45) is 0 Å². The highest BCUT2D eigenvalue weighted by molar-refractivity contribution is 6.31. The second-order valence-electron chi connectivity index (χ2n) is 6.56. The third kappa shape index (κ3) is 3.22. The van der Waals surface area contributed by atoms with Gasteiger partial charge < -0.3 is 4.98 Å². The Morgan fingerprint density at radius 1 is 1.16 bits per heavy atom. The molecule has 0 amide bonds. The SMILES string of the molecule is O=c1[nH]c2ccccc2n1C1CCN(Cc2ccc(F)cc2Cl)CC1. The van der Waals surface area contributed by atoms with E-state index >= 15 is 0 Å². The predicted octanol–water partition coefficient (Wildman–Crippen LogP) is 3.96. The normalized spacial score (nSPS) is 16.6. The summed E-state index contributed by atoms with van der Waals surface area (Å²) in [5.41, 5.74) is 2.74. The molecule has 1 aliphatic rings. The van der Waals surface area contributed by atoms with Crippen LogP contribution in [-0.2, 0) is 6.54 Å². The van der Waals surface area contributed by atoms with Crippen molar-refractivity contribution >= 4 is 22.6 Å². The molecule has 4 nitrogen and oxygen atoms in total. The smallest absolute Gasteiger partial charge is 0.306 e. The first kappa shape index (κ1) is 16.4. The molecule has 2 aromatic carbocycles. The van der Waals surface area contributed by atoms with E-state index in [1.807, 2.05) is 28.8 Å². The Bertz CT molecular complexity index is 957. The number of rotatable bonds is 3. The summed E-state index contributed by atoms with van der Waals surface area (Å²) >= 11 is 6.13. The Hall–Kier alpha value is -2.11. The minimum absolute atomic E-state index is 0.0405. The van der Waals surface area contributed by atoms with E-state index in [0.717, 1.165) is 42.5 Å². The number of piperidine rings is 1. The summed E-state index contributed by atoms with van der Waals surface area (Å²) < 4.78 is 15.1. The number of nitrogens with zero attached hydrogens (tertiary/aromatic N) is 2. The average molecular weight is 360 g/mol. The Morgan fingerprint density at radius 2 is 1.92 bits per heavy atom. The van der Waals surface area contributed by atoms with Gasteiger partial charge in [-0.05, 0) is 42.7 Å². The number of imidazole rings is 1. The molecule has 6 heteroatoms. The van der Waals surface area contributed by atoms with Crippen LogP contribution < -0.4 is 5.69 Å². The zero-order valence-corrected chi connectivity index (χ0v) is 14.5. The van der Waals surface area contributed by atoms with Crippen LogP contribution in [0, 0.1) is 5.82 Å². The van der Waals surface area contributed by atoms with E-state index in [2.05, 4.69) is 9.88 Å². The lowest BCUT2D eigenvalue weighted by Crippen LogP contribution is -2.36. The summed E-state index contributed by atoms with van der Waals surface area (Å²) in [7, 11) is 0. The highest BCUT2D eigenvalue weighted by Gasteiger charge is 2.23. The summed E-state index contributed by atoms with van der Waals surface area (Å²) in [5.74, 6) is -0.314. The standard InChI is InChI=1S/C19H19ClFN3O/c20-16-11-14(21)6-5-13(16)12-23-9-7-15(8-10-23)24-18-4-2-1-3-17(18)22-19(24)25/h1-6,11,15H,7-10,12H2,(H,22,25). The van der Waals surface area contributed by atoms with Gasteiger partial charge >= 0.3 is 5.69 Å². The predicted molar refractivity (Wildman–Crippen MR) is 97.5 cm³/mol. The van der Waals surface area contributed by atoms with Crippen molar-refractivity contribution in [3.05, 3.63) is 69.4 Å². The summed E-state index contributed by atoms with van der Waals surface area (Å²) in [6.07, 6.45) is 1.81. The maximum atomic E-state index is 13.2. The summed E-state index contributed by atoms with van der Waals surface area (Å²) in [4.78, 5) is 17.6. The maximum Gasteiger partial charge on any atom is 0.326 e. The Balaban J connectivity index is 1.48. The first-order valence-corrected chi connectivity index (χ1v) is 8.85. The van der Waals surface area contributed by atoms with E-state index in [0.29, 0.717) is 11.6 Å². The van der Waals surface area contributed by atoms with Crippen LogP contribution in [0.2, 0.25) is 5.02 Å². The minimum atomic E-state index is -0.314. The molecule has 0 spiro atoms. The topological polar surface area (TPSA) is 41.0 Å². The van der Waals surface area contributed by atoms with Gasteiger partial charge in [0.25, 0.3) is 0 Å². The highest BCUT2D eigenvalue weighted by Crippen LogP contribution is 2.27. The van der Waals surface area contributed by atoms with Crippen LogP contribution in [0.3, 0.4) is 0 Å². The molecular weight excluding hydrogens is 341 g/mol. The van der Waals surface area contributed by atoms with Crippen molar-refractivity contribution in [2.45, 2.75) is 25.4 Å². The number of aromatic amines is 1. The van der Waals surface area contributed by atoms with Crippen molar-refractivity contribution < 1.29 is 4.39 Å². The molecule has 3 aromatic rings. The van der Waals surface area contributed by atoms with Crippen LogP contribution in [0.1, 0.15) is 24.4 Å². The maximum absolute atomic E-state index is 13.2. The zero-order chi connectivity index (χ0) is 17.4. The molecule has 130 valence electrons. The lowest BCUT2D eigenvalue weighted by atomic mass is 10.0. The molecule has 1 saturated heterocycles. The average Bonchev–Trinajstić information content (AvgIpc) is 2.94. The minimum Gasteiger partial charge on any atom is -0.306 e. The summed E-state index contributed by atoms with van der Waals surface area (Å²) in [6.45, 7) is 2.46. The fourth-order valence-electron chi connectivity index (χ4n) is 3.66. The molecule has 2 heterocycles. The number of benzene rings is 2. The third-order valence-corrected chi connectivity index (χ3v) is 5.31. The van der Waals surface area contributed by atoms with Crippen LogP contribution >= 0.6 is 11.6 Å². The van der Waals surface area contributed by atoms with E-state index in [1.165, 1.54) is 12.1 Å². The van der Waals surface area contributed by atoms with Gasteiger partial charge in [0.05, 0.1) is 11.0 Å². The summed E-state index contributed by atoms with van der Waals surface area (Å²) in [5, 5.41) is 0.468. The summed E-state index contributed by atoms with van der Waals surface area (Å²) in [6, 6.07) is 12.5. The molecule has 25 heavy (non-hydrogen) atoms. The number of fused-ring (bicyclic) bond motifs is 1. The molecule has 0 saturated carbocycles. The van der Waals surface area contributed by atoms with Crippen LogP contribution in [0.4, 0.5) is 4.39 Å². The van der Waals surface area contributed by atoms with E-state index in [4.69, 9.17) is 11.6 Å². The van der Waals surface area contributed by atoms with Crippen LogP contribution in [-0.4, -0.2) is 27.5 Å². The molecule has 1 aromatic heterocycles. The van der Waals surface area contributed by atoms with Crippen molar-refractivity contribution in [3.63, 3.8) is 0 Å². The van der Waals surface area contributed by atoms with Crippen LogP contribution in [0.15, 0.2) is 47.3 Å². The number of nitrogens with one attached hydrogen (secondary N) is 1. The fourth-order valence-corrected chi connectivity index (χ4v) is 3.89. The number of hydrogen-bond acceptors (Lipinski definition) is 2. The van der Waals surface area contributed by atoms with Gasteiger partial charge in [-0.3, -0.25) is 9.47 Å². The Kier molecular flexibility index (Phi) is 4.36. The quantitative estimate of drug-likeness (QED) is 0.769. The molecule has 1 aliphatic heterocycles. The molecule has 1 fully saturated rings. The highest BCUT2D eigenvalue weighted by atomic mass is 35.5. The van der Waals surface area contributed by atoms with Crippen molar-refractivity contribution in [1.82, 2.24) is 14.5 Å². The molecule has 0 bridgehead atoms. The largest absolute Gasteiger partial charge is 0.326 e. The van der Waals surface area contributed by atoms with E-state index in [-0.39, 0.29) is 17.5 Å². The van der Waals surface area contributed by atoms with Crippen molar-refractivity contribution in [3.8, 4) is 0 Å². The molecule has 4 rings (SSSR count). The zero-order valence-electron chi connectivity index (χ0n) is 13.7. The molecule has 0 aliphatic carbocycles. The fraction of sp³-hybridized carbons (Fsp3) is 0.316. The lowest BCUT2D eigenvalue weighted by molar-refractivity contribution is 0.180. The number of halogens is 2. The van der Waals surface area contributed by atoms with Gasteiger partial charge in [0.1, 0.15) is 5.82 Å². The number of aromatic nitrogens is 2. The Labute approximate surface area is 149 Å². The first-order valence-electron chi connectivity index (χ1n) is 8.47. The second kappa shape index (κ2) is 6.65. The number of likely N-dealkylation sites (tertiary alicyclic amines) is 1. The molecule has 0 unspecified atom stereocenters. The van der Waals surface area contributed by atoms with Gasteiger partial charge in [0.2, 0.25) is 0 Å². The number of H-pyrrole nitrogens is 1. The molecule has 0 atom stereocenters. The van der Waals surface area contributed by atoms with Gasteiger partial charge in [0.15, 0.2) is 0 Å². The molecule has 0 radical (unpaired) electrons. The van der Waals surface area contributed by atoms with Gasteiger partial charge in [-0.25, -0.2) is 9.18 Å². The van der Waals surface area contributed by atoms with Gasteiger partial charge in [-0.1, -0.05) is 29.8 Å². The second-order valence-corrected chi connectivity index (χ2v) is 6.97. The number of hydrogen-bond donors (Lipinski definition) is 1. The van der Waals surface area contributed by atoms with Crippen LogP contribution in [0.5, 0.6) is 0 Å². The molecule has 1 N–H and O–H groups in total. The van der Waals surface area contributed by atoms with Gasteiger partial charge in [0, 0.05) is 30.7 Å². The third-order valence-electron chi connectivity index (χ3n) is 4.96. The Morgan fingerprint density at radius 3 is 2.68 bits per heavy atom. The monoisotopic (exact) mass is 359 g/mol. The lowest BCUT2D eigenvalue weighted by Gasteiger charge is -2.32. The van der Waals surface area contributed by atoms with Gasteiger partial charge in [-0.15, -0.1) is 0 Å². The first-order chi connectivity index (χ1) is 12.1. The number of para-hydroxylation sites is 2.